The van der Waals surface area contributed by atoms with Crippen LogP contribution in [0.2, 0.25) is 0 Å². The Balaban J connectivity index is 1.29. The maximum atomic E-state index is 15.3. The lowest BCUT2D eigenvalue weighted by Gasteiger charge is -2.31. The molecule has 0 radical (unpaired) electrons. The Bertz CT molecular complexity index is 1980. The standard InChI is InChI=1S/C38H47FN4O8/c1-9-38(48)24-16-28-31-22(18-43(28)32(44)23(24)19-49-33(38)45)30-26(13-12-21-20(2)25(39)17-27(41-31)29(21)30)40-14-10-11-15-42(34(46)50-36(3,4)5)35(47)51-37(6,7)8/h16-17,26,40,48H,9-15,18-19H2,1-8H3/t26-,38-/m0/s1. The monoisotopic (exact) mass is 706 g/mol. The maximum Gasteiger partial charge on any atom is 0.419 e. The van der Waals surface area contributed by atoms with E-state index in [2.05, 4.69) is 5.32 Å². The summed E-state index contributed by atoms with van der Waals surface area (Å²) in [7, 11) is 0. The van der Waals surface area contributed by atoms with E-state index in [-0.39, 0.29) is 54.7 Å². The van der Waals surface area contributed by atoms with Gasteiger partial charge in [0, 0.05) is 35.2 Å². The van der Waals surface area contributed by atoms with Crippen molar-refractivity contribution < 1.29 is 38.1 Å². The molecule has 0 saturated carbocycles. The minimum atomic E-state index is -1.96. The van der Waals surface area contributed by atoms with E-state index < -0.39 is 35.0 Å². The van der Waals surface area contributed by atoms with Gasteiger partial charge in [0.05, 0.1) is 29.0 Å². The fraction of sp³-hybridized carbons (Fsp3) is 0.553. The largest absolute Gasteiger partial charge is 0.458 e. The van der Waals surface area contributed by atoms with Crippen molar-refractivity contribution >= 4 is 29.1 Å². The van der Waals surface area contributed by atoms with Crippen LogP contribution in [-0.2, 0) is 44.2 Å². The summed E-state index contributed by atoms with van der Waals surface area (Å²) < 4.78 is 33.0. The van der Waals surface area contributed by atoms with E-state index in [1.165, 1.54) is 6.07 Å². The summed E-state index contributed by atoms with van der Waals surface area (Å²) in [6.45, 7) is 14.5. The first-order valence-corrected chi connectivity index (χ1v) is 17.6. The Kier molecular flexibility index (Phi) is 9.29. The second kappa shape index (κ2) is 13.0. The number of aryl methyl sites for hydroxylation is 1. The molecule has 3 aromatic rings. The van der Waals surface area contributed by atoms with Crippen LogP contribution in [0.5, 0.6) is 0 Å². The number of nitrogens with zero attached hydrogens (tertiary/aromatic N) is 3. The first kappa shape index (κ1) is 36.4. The van der Waals surface area contributed by atoms with Gasteiger partial charge in [0.1, 0.15) is 23.6 Å². The van der Waals surface area contributed by atoms with Gasteiger partial charge in [-0.25, -0.2) is 28.7 Å². The Morgan fingerprint density at radius 2 is 1.75 bits per heavy atom. The predicted octanol–water partition coefficient (Wildman–Crippen LogP) is 6.06. The number of nitrogens with one attached hydrogen (secondary N) is 1. The smallest absolute Gasteiger partial charge is 0.419 e. The van der Waals surface area contributed by atoms with Crippen molar-refractivity contribution in [2.75, 3.05) is 13.1 Å². The highest BCUT2D eigenvalue weighted by Crippen LogP contribution is 2.46. The lowest BCUT2D eigenvalue weighted by molar-refractivity contribution is -0.172. The molecule has 0 fully saturated rings. The van der Waals surface area contributed by atoms with E-state index in [1.54, 1.807) is 66.0 Å². The van der Waals surface area contributed by atoms with Gasteiger partial charge in [-0.05, 0) is 110 Å². The van der Waals surface area contributed by atoms with Crippen LogP contribution >= 0.6 is 0 Å². The summed E-state index contributed by atoms with van der Waals surface area (Å²) in [6.07, 6.45) is 0.881. The van der Waals surface area contributed by atoms with Crippen molar-refractivity contribution in [2.24, 2.45) is 0 Å². The fourth-order valence-electron chi connectivity index (χ4n) is 7.32. The number of hydrogen-bond acceptors (Lipinski definition) is 10. The third kappa shape index (κ3) is 6.61. The Labute approximate surface area is 296 Å². The molecule has 0 spiro atoms. The summed E-state index contributed by atoms with van der Waals surface area (Å²) >= 11 is 0. The van der Waals surface area contributed by atoms with Crippen LogP contribution in [0.3, 0.4) is 0 Å². The molecular formula is C38H47FN4O8. The van der Waals surface area contributed by atoms with Crippen LogP contribution in [0.4, 0.5) is 14.0 Å². The second-order valence-electron chi connectivity index (χ2n) is 15.7. The third-order valence-corrected chi connectivity index (χ3v) is 9.80. The van der Waals surface area contributed by atoms with Crippen LogP contribution in [-0.4, -0.2) is 62.0 Å². The molecule has 2 amide bonds. The number of halogens is 1. The van der Waals surface area contributed by atoms with Crippen molar-refractivity contribution in [3.63, 3.8) is 0 Å². The molecule has 1 aliphatic carbocycles. The number of amides is 2. The zero-order valence-electron chi connectivity index (χ0n) is 30.6. The fourth-order valence-corrected chi connectivity index (χ4v) is 7.32. The molecule has 51 heavy (non-hydrogen) atoms. The number of ether oxygens (including phenoxy) is 3. The average Bonchev–Trinajstić information content (AvgIpc) is 3.40. The number of imide groups is 1. The molecule has 2 atom stereocenters. The third-order valence-electron chi connectivity index (χ3n) is 9.80. The molecule has 0 saturated heterocycles. The molecule has 13 heteroatoms. The number of benzene rings is 1. The summed E-state index contributed by atoms with van der Waals surface area (Å²) in [4.78, 5) is 58.3. The van der Waals surface area contributed by atoms with E-state index >= 15 is 4.39 Å². The predicted molar refractivity (Wildman–Crippen MR) is 187 cm³/mol. The quantitative estimate of drug-likeness (QED) is 0.132. The van der Waals surface area contributed by atoms with Gasteiger partial charge in [-0.3, -0.25) is 4.79 Å². The minimum absolute atomic E-state index is 0.0259. The molecule has 0 bridgehead atoms. The molecule has 1 aromatic carbocycles. The number of fused-ring (bicyclic) bond motifs is 5. The molecule has 274 valence electrons. The van der Waals surface area contributed by atoms with Crippen LogP contribution in [0, 0.1) is 12.7 Å². The maximum absolute atomic E-state index is 15.3. The highest BCUT2D eigenvalue weighted by atomic mass is 19.1. The number of esters is 1. The van der Waals surface area contributed by atoms with Gasteiger partial charge < -0.3 is 29.2 Å². The molecule has 3 aliphatic rings. The Morgan fingerprint density at radius 3 is 2.37 bits per heavy atom. The SMILES string of the molecule is CC[C@@]1(O)C(=O)OCc2c1cc1n(c2=O)Cc2c-1nc1cc(F)c(C)c3c1c2[C@@H](NCCCCN(C(=O)OC(C)(C)C)C(=O)OC(C)(C)C)CC3. The molecule has 12 nitrogen and oxygen atoms in total. The number of carbonyl (C=O) groups is 3. The first-order valence-electron chi connectivity index (χ1n) is 17.6. The number of aliphatic hydroxyl groups is 1. The number of unbranched alkanes of at least 4 members (excludes halogenated alkanes) is 1. The van der Waals surface area contributed by atoms with Crippen molar-refractivity contribution in [1.82, 2.24) is 19.8 Å². The molecule has 0 unspecified atom stereocenters. The normalized spacial score (nSPS) is 19.3. The number of carbonyl (C=O) groups excluding carboxylic acids is 3. The number of rotatable bonds is 7. The van der Waals surface area contributed by atoms with Crippen LogP contribution < -0.4 is 10.9 Å². The highest BCUT2D eigenvalue weighted by Gasteiger charge is 2.46. The summed E-state index contributed by atoms with van der Waals surface area (Å²) in [5, 5.41) is 15.8. The van der Waals surface area contributed by atoms with E-state index in [9.17, 15) is 24.3 Å². The van der Waals surface area contributed by atoms with Gasteiger partial charge in [-0.15, -0.1) is 0 Å². The average molecular weight is 707 g/mol. The lowest BCUT2D eigenvalue weighted by atomic mass is 9.81. The molecule has 2 N–H and O–H groups in total. The zero-order valence-corrected chi connectivity index (χ0v) is 30.6. The number of aromatic nitrogens is 2. The van der Waals surface area contributed by atoms with Gasteiger partial charge in [0.2, 0.25) is 0 Å². The van der Waals surface area contributed by atoms with E-state index in [1.807, 2.05) is 0 Å². The number of pyridine rings is 2. The van der Waals surface area contributed by atoms with Crippen LogP contribution in [0.15, 0.2) is 16.9 Å². The summed E-state index contributed by atoms with van der Waals surface area (Å²) in [6, 6.07) is 2.93. The first-order chi connectivity index (χ1) is 23.8. The van der Waals surface area contributed by atoms with Gasteiger partial charge in [-0.1, -0.05) is 6.92 Å². The highest BCUT2D eigenvalue weighted by molar-refractivity contribution is 5.93. The van der Waals surface area contributed by atoms with E-state index in [4.69, 9.17) is 19.2 Å². The Morgan fingerprint density at radius 1 is 1.08 bits per heavy atom. The Hall–Kier alpha value is -4.36. The van der Waals surface area contributed by atoms with Crippen LogP contribution in [0.1, 0.15) is 114 Å². The van der Waals surface area contributed by atoms with Gasteiger partial charge in [0.25, 0.3) is 5.56 Å². The lowest BCUT2D eigenvalue weighted by Crippen LogP contribution is -2.44. The topological polar surface area (TPSA) is 149 Å². The van der Waals surface area contributed by atoms with Gasteiger partial charge >= 0.3 is 18.2 Å². The second-order valence-corrected chi connectivity index (χ2v) is 15.7. The van der Waals surface area contributed by atoms with Crippen molar-refractivity contribution in [3.8, 4) is 11.4 Å². The molecule has 6 rings (SSSR count). The molecule has 2 aromatic heterocycles. The van der Waals surface area contributed by atoms with Gasteiger partial charge in [0.15, 0.2) is 5.60 Å². The molecular weight excluding hydrogens is 659 g/mol. The van der Waals surface area contributed by atoms with E-state index in [0.29, 0.717) is 54.7 Å². The summed E-state index contributed by atoms with van der Waals surface area (Å²) in [5.41, 5.74) is 1.24. The molecule has 2 aliphatic heterocycles. The van der Waals surface area contributed by atoms with Crippen molar-refractivity contribution in [3.05, 3.63) is 61.7 Å². The number of cyclic esters (lactones) is 1. The molecule has 4 heterocycles. The van der Waals surface area contributed by atoms with Crippen molar-refractivity contribution in [2.45, 2.75) is 123 Å². The van der Waals surface area contributed by atoms with Gasteiger partial charge in [-0.2, -0.15) is 0 Å². The van der Waals surface area contributed by atoms with Crippen molar-refractivity contribution in [1.29, 1.82) is 0 Å². The van der Waals surface area contributed by atoms with E-state index in [0.717, 1.165) is 27.0 Å². The minimum Gasteiger partial charge on any atom is -0.458 e. The number of hydrogen-bond donors (Lipinski definition) is 2. The zero-order chi connectivity index (χ0) is 37.2. The summed E-state index contributed by atoms with van der Waals surface area (Å²) in [5.74, 6) is -1.15. The van der Waals surface area contributed by atoms with Crippen LogP contribution in [0.25, 0.3) is 22.3 Å².